The Balaban J connectivity index is 1.98. The molecule has 1 aromatic rings. The molecule has 0 spiro atoms. The van der Waals surface area contributed by atoms with Gasteiger partial charge in [0.15, 0.2) is 0 Å². The summed E-state index contributed by atoms with van der Waals surface area (Å²) in [5, 5.41) is 2.10. The lowest BCUT2D eigenvalue weighted by Gasteiger charge is -1.97. The highest BCUT2D eigenvalue weighted by Gasteiger charge is 2.02. The van der Waals surface area contributed by atoms with E-state index in [0.29, 0.717) is 19.3 Å². The molecule has 0 saturated heterocycles. The van der Waals surface area contributed by atoms with E-state index >= 15 is 0 Å². The summed E-state index contributed by atoms with van der Waals surface area (Å²) in [5.74, 6) is 0.309. The molecule has 0 saturated carbocycles. The number of ketones is 2. The van der Waals surface area contributed by atoms with Crippen molar-refractivity contribution in [1.82, 2.24) is 0 Å². The number of aryl methyl sites for hydroxylation is 1. The third-order valence-electron chi connectivity index (χ3n) is 2.89. The van der Waals surface area contributed by atoms with Gasteiger partial charge in [0.25, 0.3) is 0 Å². The molecule has 1 heterocycles. The van der Waals surface area contributed by atoms with Crippen molar-refractivity contribution in [2.75, 3.05) is 0 Å². The minimum Gasteiger partial charge on any atom is -0.300 e. The predicted octanol–water partition coefficient (Wildman–Crippen LogP) is 4.35. The normalized spacial score (nSPS) is 11.0. The first-order valence-corrected chi connectivity index (χ1v) is 7.75. The number of allylic oxidation sites excluding steroid dienone is 2. The van der Waals surface area contributed by atoms with Crippen molar-refractivity contribution in [3.05, 3.63) is 34.5 Å². The minimum absolute atomic E-state index is 0.0989. The van der Waals surface area contributed by atoms with Crippen molar-refractivity contribution >= 4 is 22.9 Å². The van der Waals surface area contributed by atoms with Crippen molar-refractivity contribution in [3.8, 4) is 0 Å². The SMILES string of the molecule is CC(=O)CCC(=O)CCCC=CCCc1cccs1. The molecule has 0 radical (unpaired) electrons. The van der Waals surface area contributed by atoms with Crippen LogP contribution in [0.25, 0.3) is 0 Å². The second-order valence-corrected chi connectivity index (χ2v) is 5.75. The number of thiophene rings is 1. The minimum atomic E-state index is 0.0989. The molecule has 0 unspecified atom stereocenters. The molecular weight excluding hydrogens is 256 g/mol. The standard InChI is InChI=1S/C16H22O2S/c1-14(17)11-12-15(18)8-5-3-2-4-6-9-16-10-7-13-19-16/h2,4,7,10,13H,3,5-6,8-9,11-12H2,1H3. The maximum absolute atomic E-state index is 11.4. The van der Waals surface area contributed by atoms with E-state index in [2.05, 4.69) is 29.7 Å². The maximum Gasteiger partial charge on any atom is 0.133 e. The Labute approximate surface area is 119 Å². The van der Waals surface area contributed by atoms with Crippen LogP contribution in [0.3, 0.4) is 0 Å². The number of rotatable bonds is 10. The first-order valence-electron chi connectivity index (χ1n) is 6.87. The van der Waals surface area contributed by atoms with Crippen molar-refractivity contribution in [1.29, 1.82) is 0 Å². The average molecular weight is 278 g/mol. The van der Waals surface area contributed by atoms with E-state index in [-0.39, 0.29) is 11.6 Å². The van der Waals surface area contributed by atoms with E-state index in [1.807, 2.05) is 0 Å². The maximum atomic E-state index is 11.4. The van der Waals surface area contributed by atoms with Gasteiger partial charge in [0.2, 0.25) is 0 Å². The lowest BCUT2D eigenvalue weighted by atomic mass is 10.1. The van der Waals surface area contributed by atoms with Gasteiger partial charge in [-0.2, -0.15) is 0 Å². The van der Waals surface area contributed by atoms with Crippen molar-refractivity contribution in [2.24, 2.45) is 0 Å². The highest BCUT2D eigenvalue weighted by atomic mass is 32.1. The summed E-state index contributed by atoms with van der Waals surface area (Å²) in [6, 6.07) is 4.24. The van der Waals surface area contributed by atoms with Gasteiger partial charge >= 0.3 is 0 Å². The van der Waals surface area contributed by atoms with Gasteiger partial charge in [-0.3, -0.25) is 4.79 Å². The summed E-state index contributed by atoms with van der Waals surface area (Å²) in [6.45, 7) is 1.53. The molecular formula is C16H22O2S. The fourth-order valence-corrected chi connectivity index (χ4v) is 2.50. The van der Waals surface area contributed by atoms with Crippen LogP contribution in [0.1, 0.15) is 50.3 Å². The second kappa shape index (κ2) is 9.68. The van der Waals surface area contributed by atoms with E-state index in [0.717, 1.165) is 25.7 Å². The first-order chi connectivity index (χ1) is 9.18. The zero-order valence-corrected chi connectivity index (χ0v) is 12.4. The van der Waals surface area contributed by atoms with Crippen molar-refractivity contribution in [2.45, 2.75) is 51.9 Å². The van der Waals surface area contributed by atoms with E-state index < -0.39 is 0 Å². The molecule has 3 heteroatoms. The lowest BCUT2D eigenvalue weighted by molar-refractivity contribution is -0.123. The molecule has 1 rings (SSSR count). The summed E-state index contributed by atoms with van der Waals surface area (Å²) in [6.07, 6.45) is 9.79. The number of hydrogen-bond donors (Lipinski definition) is 0. The first kappa shape index (κ1) is 15.8. The van der Waals surface area contributed by atoms with Gasteiger partial charge in [0.05, 0.1) is 0 Å². The van der Waals surface area contributed by atoms with Gasteiger partial charge in [-0.25, -0.2) is 0 Å². The number of unbranched alkanes of at least 4 members (excludes halogenated alkanes) is 1. The van der Waals surface area contributed by atoms with Gasteiger partial charge in [0, 0.05) is 24.1 Å². The molecule has 0 aliphatic carbocycles. The zero-order chi connectivity index (χ0) is 13.9. The quantitative estimate of drug-likeness (QED) is 0.471. The van der Waals surface area contributed by atoms with Gasteiger partial charge in [-0.15, -0.1) is 11.3 Å². The van der Waals surface area contributed by atoms with Crippen LogP contribution in [0, 0.1) is 0 Å². The highest BCUT2D eigenvalue weighted by Crippen LogP contribution is 2.11. The molecule has 1 aromatic heterocycles. The van der Waals surface area contributed by atoms with Crippen LogP contribution < -0.4 is 0 Å². The molecule has 0 N–H and O–H groups in total. The predicted molar refractivity (Wildman–Crippen MR) is 80.6 cm³/mol. The molecule has 104 valence electrons. The Morgan fingerprint density at radius 3 is 2.63 bits per heavy atom. The summed E-state index contributed by atoms with van der Waals surface area (Å²) in [7, 11) is 0. The second-order valence-electron chi connectivity index (χ2n) is 4.72. The highest BCUT2D eigenvalue weighted by molar-refractivity contribution is 7.09. The van der Waals surface area contributed by atoms with E-state index in [1.165, 1.54) is 11.8 Å². The van der Waals surface area contributed by atoms with Gasteiger partial charge in [-0.1, -0.05) is 18.2 Å². The van der Waals surface area contributed by atoms with Crippen LogP contribution in [0.2, 0.25) is 0 Å². The summed E-state index contributed by atoms with van der Waals surface area (Å²) < 4.78 is 0. The van der Waals surface area contributed by atoms with Crippen LogP contribution in [0.4, 0.5) is 0 Å². The smallest absolute Gasteiger partial charge is 0.133 e. The van der Waals surface area contributed by atoms with Gasteiger partial charge in [0.1, 0.15) is 11.6 Å². The van der Waals surface area contributed by atoms with E-state index in [1.54, 1.807) is 11.3 Å². The molecule has 0 aliphatic heterocycles. The summed E-state index contributed by atoms with van der Waals surface area (Å²) >= 11 is 1.80. The number of hydrogen-bond acceptors (Lipinski definition) is 3. The summed E-state index contributed by atoms with van der Waals surface area (Å²) in [4.78, 5) is 23.6. The van der Waals surface area contributed by atoms with E-state index in [4.69, 9.17) is 0 Å². The molecule has 2 nitrogen and oxygen atoms in total. The zero-order valence-electron chi connectivity index (χ0n) is 11.6. The molecule has 0 atom stereocenters. The Morgan fingerprint density at radius 2 is 1.95 bits per heavy atom. The monoisotopic (exact) mass is 278 g/mol. The molecule has 0 aromatic carbocycles. The van der Waals surface area contributed by atoms with Crippen molar-refractivity contribution < 1.29 is 9.59 Å². The third-order valence-corrected chi connectivity index (χ3v) is 3.82. The van der Waals surface area contributed by atoms with Crippen LogP contribution in [-0.2, 0) is 16.0 Å². The Bertz CT molecular complexity index is 404. The van der Waals surface area contributed by atoms with Gasteiger partial charge in [-0.05, 0) is 44.1 Å². The average Bonchev–Trinajstić information content (AvgIpc) is 2.88. The molecule has 0 amide bonds. The fourth-order valence-electron chi connectivity index (χ4n) is 1.77. The Hall–Kier alpha value is -1.22. The van der Waals surface area contributed by atoms with E-state index in [9.17, 15) is 9.59 Å². The fraction of sp³-hybridized carbons (Fsp3) is 0.500. The largest absolute Gasteiger partial charge is 0.300 e. The number of Topliss-reactive ketones (excluding diaryl/α,β-unsaturated/α-hetero) is 2. The van der Waals surface area contributed by atoms with Crippen molar-refractivity contribution in [3.63, 3.8) is 0 Å². The molecule has 0 bridgehead atoms. The van der Waals surface area contributed by atoms with Crippen LogP contribution in [-0.4, -0.2) is 11.6 Å². The lowest BCUT2D eigenvalue weighted by Crippen LogP contribution is -2.00. The Morgan fingerprint density at radius 1 is 1.16 bits per heavy atom. The molecule has 0 aliphatic rings. The van der Waals surface area contributed by atoms with Crippen LogP contribution in [0.15, 0.2) is 29.7 Å². The Kier molecular flexibility index (Phi) is 8.07. The van der Waals surface area contributed by atoms with Crippen LogP contribution >= 0.6 is 11.3 Å². The number of carbonyl (C=O) groups is 2. The topological polar surface area (TPSA) is 34.1 Å². The number of carbonyl (C=O) groups excluding carboxylic acids is 2. The molecule has 0 fully saturated rings. The van der Waals surface area contributed by atoms with Crippen LogP contribution in [0.5, 0.6) is 0 Å². The molecule has 19 heavy (non-hydrogen) atoms. The third kappa shape index (κ3) is 8.49. The summed E-state index contributed by atoms with van der Waals surface area (Å²) in [5.41, 5.74) is 0. The van der Waals surface area contributed by atoms with Gasteiger partial charge < -0.3 is 4.79 Å².